The summed E-state index contributed by atoms with van der Waals surface area (Å²) in [4.78, 5) is 22.0. The van der Waals surface area contributed by atoms with E-state index in [9.17, 15) is 14.0 Å². The number of halogens is 4. The normalized spacial score (nSPS) is 26.3. The van der Waals surface area contributed by atoms with Crippen LogP contribution in [0.2, 0.25) is 0 Å². The van der Waals surface area contributed by atoms with Crippen molar-refractivity contribution < 1.29 is 18.7 Å². The third kappa shape index (κ3) is 3.27. The number of carbonyl (C=O) groups excluding carboxylic acids is 2. The van der Waals surface area contributed by atoms with Gasteiger partial charge >= 0.3 is 5.97 Å². The molecule has 1 N–H and O–H groups in total. The lowest BCUT2D eigenvalue weighted by Crippen LogP contribution is -2.51. The van der Waals surface area contributed by atoms with Crippen molar-refractivity contribution in [2.24, 2.45) is 0 Å². The van der Waals surface area contributed by atoms with Crippen molar-refractivity contribution in [1.82, 2.24) is 5.32 Å². The zero-order valence-corrected chi connectivity index (χ0v) is 10.1. The van der Waals surface area contributed by atoms with E-state index in [1.165, 1.54) is 0 Å². The summed E-state index contributed by atoms with van der Waals surface area (Å²) in [6, 6.07) is 0. The van der Waals surface area contributed by atoms with Gasteiger partial charge in [-0.1, -0.05) is 46.6 Å². The maximum atomic E-state index is 12.6. The second-order valence-electron chi connectivity index (χ2n) is 2.60. The molecule has 0 aliphatic carbocycles. The van der Waals surface area contributed by atoms with Crippen LogP contribution in [0.4, 0.5) is 4.39 Å². The number of hydrogen-bond acceptors (Lipinski definition) is 4. The molecule has 9 heteroatoms. The lowest BCUT2D eigenvalue weighted by Gasteiger charge is -2.25. The Bertz CT molecular complexity index is 298. The molecular formula is C6H5Cl3FNO3S. The van der Waals surface area contributed by atoms with Crippen LogP contribution >= 0.6 is 46.6 Å². The quantitative estimate of drug-likeness (QED) is 0.618. The Hall–Kier alpha value is 0.0900. The summed E-state index contributed by atoms with van der Waals surface area (Å²) in [7, 11) is 0. The van der Waals surface area contributed by atoms with Gasteiger partial charge in [0.25, 0.3) is 14.8 Å². The van der Waals surface area contributed by atoms with Crippen LogP contribution in [0.1, 0.15) is 0 Å². The summed E-state index contributed by atoms with van der Waals surface area (Å²) >= 11 is 16.6. The summed E-state index contributed by atoms with van der Waals surface area (Å²) < 4.78 is 15.0. The van der Waals surface area contributed by atoms with Crippen molar-refractivity contribution >= 4 is 58.4 Å². The molecule has 1 saturated heterocycles. The van der Waals surface area contributed by atoms with E-state index in [1.54, 1.807) is 0 Å². The standard InChI is InChI=1S/C6H5Cl3FNO3S/c7-6(8,9)4(13)11-5(2-10)14-3(12)1-15-5/h1-2H2,(H,11,13). The summed E-state index contributed by atoms with van der Waals surface area (Å²) in [6.07, 6.45) is 0. The van der Waals surface area contributed by atoms with E-state index >= 15 is 0 Å². The lowest BCUT2D eigenvalue weighted by atomic mass is 10.5. The van der Waals surface area contributed by atoms with Gasteiger partial charge in [-0.05, 0) is 0 Å². The zero-order chi connectivity index (χ0) is 11.7. The van der Waals surface area contributed by atoms with Crippen LogP contribution in [0, 0.1) is 0 Å². The maximum Gasteiger partial charge on any atom is 0.318 e. The number of amides is 1. The van der Waals surface area contributed by atoms with E-state index < -0.39 is 27.4 Å². The highest BCUT2D eigenvalue weighted by molar-refractivity contribution is 8.01. The Balaban J connectivity index is 2.70. The van der Waals surface area contributed by atoms with Crippen molar-refractivity contribution in [2.75, 3.05) is 12.4 Å². The second-order valence-corrected chi connectivity index (χ2v) is 6.12. The van der Waals surface area contributed by atoms with Crippen LogP contribution in [0.15, 0.2) is 0 Å². The average Bonchev–Trinajstić information content (AvgIpc) is 2.47. The Labute approximate surface area is 104 Å². The number of carbonyl (C=O) groups is 2. The molecule has 1 atom stereocenters. The van der Waals surface area contributed by atoms with E-state index in [1.807, 2.05) is 5.32 Å². The maximum absolute atomic E-state index is 12.6. The van der Waals surface area contributed by atoms with Gasteiger partial charge in [-0.15, -0.1) is 0 Å². The van der Waals surface area contributed by atoms with Crippen molar-refractivity contribution in [3.8, 4) is 0 Å². The molecule has 1 rings (SSSR count). The molecule has 0 radical (unpaired) electrons. The van der Waals surface area contributed by atoms with Crippen molar-refractivity contribution in [1.29, 1.82) is 0 Å². The molecule has 4 nitrogen and oxygen atoms in total. The van der Waals surface area contributed by atoms with Gasteiger partial charge in [0.15, 0.2) is 6.67 Å². The molecule has 1 heterocycles. The molecular weight excluding hydrogens is 291 g/mol. The third-order valence-electron chi connectivity index (χ3n) is 1.44. The second kappa shape index (κ2) is 4.53. The number of hydrogen-bond donors (Lipinski definition) is 1. The van der Waals surface area contributed by atoms with Crippen LogP contribution in [0.25, 0.3) is 0 Å². The first-order valence-electron chi connectivity index (χ1n) is 3.60. The number of thioether (sulfide) groups is 1. The van der Waals surface area contributed by atoms with Crippen LogP contribution in [0.5, 0.6) is 0 Å². The fourth-order valence-electron chi connectivity index (χ4n) is 0.823. The highest BCUT2D eigenvalue weighted by Crippen LogP contribution is 2.34. The lowest BCUT2D eigenvalue weighted by molar-refractivity contribution is -0.150. The minimum Gasteiger partial charge on any atom is -0.426 e. The van der Waals surface area contributed by atoms with E-state index in [-0.39, 0.29) is 5.75 Å². The number of ether oxygens (including phenoxy) is 1. The minimum atomic E-state index is -2.22. The first kappa shape index (κ1) is 13.2. The van der Waals surface area contributed by atoms with Gasteiger partial charge in [0, 0.05) is 0 Å². The highest BCUT2D eigenvalue weighted by Gasteiger charge is 2.46. The van der Waals surface area contributed by atoms with Gasteiger partial charge in [0.05, 0.1) is 5.75 Å². The summed E-state index contributed by atoms with van der Waals surface area (Å²) in [5.74, 6) is -1.75. The number of alkyl halides is 4. The average molecular weight is 297 g/mol. The molecule has 1 fully saturated rings. The van der Waals surface area contributed by atoms with Crippen LogP contribution in [-0.4, -0.2) is 33.2 Å². The van der Waals surface area contributed by atoms with Gasteiger partial charge < -0.3 is 10.1 Å². The number of rotatable bonds is 2. The molecule has 0 aromatic rings. The van der Waals surface area contributed by atoms with Gasteiger partial charge in [0.2, 0.25) is 0 Å². The topological polar surface area (TPSA) is 55.4 Å². The Morgan fingerprint density at radius 1 is 1.67 bits per heavy atom. The summed E-state index contributed by atoms with van der Waals surface area (Å²) in [5.41, 5.74) is 0. The van der Waals surface area contributed by atoms with E-state index in [4.69, 9.17) is 34.8 Å². The van der Waals surface area contributed by atoms with E-state index in [2.05, 4.69) is 4.74 Å². The molecule has 1 amide bonds. The number of esters is 1. The summed E-state index contributed by atoms with van der Waals surface area (Å²) in [6.45, 7) is -1.10. The van der Waals surface area contributed by atoms with Crippen LogP contribution < -0.4 is 5.32 Å². The number of cyclic esters (lactones) is 1. The Kier molecular flexibility index (Phi) is 3.97. The fourth-order valence-corrected chi connectivity index (χ4v) is 1.77. The SMILES string of the molecule is O=C1CSC(CF)(NC(=O)C(Cl)(Cl)Cl)O1. The molecule has 0 aromatic carbocycles. The monoisotopic (exact) mass is 295 g/mol. The minimum absolute atomic E-state index is 0.0654. The number of nitrogens with one attached hydrogen (secondary N) is 1. The van der Waals surface area contributed by atoms with Gasteiger partial charge in [-0.2, -0.15) is 0 Å². The highest BCUT2D eigenvalue weighted by atomic mass is 35.6. The molecule has 1 aliphatic heterocycles. The van der Waals surface area contributed by atoms with Gasteiger partial charge in [-0.25, -0.2) is 4.39 Å². The molecule has 86 valence electrons. The molecule has 0 spiro atoms. The molecule has 0 saturated carbocycles. The molecule has 0 bridgehead atoms. The van der Waals surface area contributed by atoms with Crippen LogP contribution in [-0.2, 0) is 14.3 Å². The summed E-state index contributed by atoms with van der Waals surface area (Å²) in [5, 5.41) is 0.257. The molecule has 1 aliphatic rings. The van der Waals surface area contributed by atoms with Crippen molar-refractivity contribution in [3.63, 3.8) is 0 Å². The van der Waals surface area contributed by atoms with Crippen molar-refractivity contribution in [3.05, 3.63) is 0 Å². The zero-order valence-electron chi connectivity index (χ0n) is 7.06. The third-order valence-corrected chi connectivity index (χ3v) is 3.10. The fraction of sp³-hybridized carbons (Fsp3) is 0.667. The molecule has 1 unspecified atom stereocenters. The first-order valence-corrected chi connectivity index (χ1v) is 5.72. The van der Waals surface area contributed by atoms with Gasteiger partial charge in [0.1, 0.15) is 0 Å². The largest absolute Gasteiger partial charge is 0.426 e. The predicted molar refractivity (Wildman–Crippen MR) is 55.7 cm³/mol. The Morgan fingerprint density at radius 3 is 2.60 bits per heavy atom. The van der Waals surface area contributed by atoms with E-state index in [0.717, 1.165) is 11.8 Å². The first-order chi connectivity index (χ1) is 6.79. The van der Waals surface area contributed by atoms with Crippen LogP contribution in [0.3, 0.4) is 0 Å². The molecule has 15 heavy (non-hydrogen) atoms. The predicted octanol–water partition coefficient (Wildman–Crippen LogP) is 1.39. The molecule has 0 aromatic heterocycles. The van der Waals surface area contributed by atoms with E-state index in [0.29, 0.717) is 0 Å². The van der Waals surface area contributed by atoms with Gasteiger partial charge in [-0.3, -0.25) is 9.59 Å². The Morgan fingerprint density at radius 2 is 2.27 bits per heavy atom. The van der Waals surface area contributed by atoms with Crippen molar-refractivity contribution in [2.45, 2.75) is 8.85 Å². The smallest absolute Gasteiger partial charge is 0.318 e.